The van der Waals surface area contributed by atoms with Gasteiger partial charge in [-0.05, 0) is 49.8 Å². The van der Waals surface area contributed by atoms with Gasteiger partial charge in [0.25, 0.3) is 0 Å². The van der Waals surface area contributed by atoms with E-state index in [1.165, 1.54) is 23.5 Å². The van der Waals surface area contributed by atoms with Crippen LogP contribution in [0.5, 0.6) is 0 Å². The standard InChI is InChI=1S/C22H25FN4O3/c1-14(28)25-12-18-13-27(22(29)30-18)17-4-5-21(20(23)10-17)26-8-6-16(7-9-26)19(11-24)15-2-3-15/h4-5,10,15,18H,2-3,6-9,12-13H2,1H3,(H,25,28). The number of hydrogen-bond acceptors (Lipinski definition) is 5. The molecular weight excluding hydrogens is 387 g/mol. The molecule has 3 aliphatic rings. The molecule has 8 heteroatoms. The van der Waals surface area contributed by atoms with Crippen LogP contribution in [0.15, 0.2) is 29.3 Å². The summed E-state index contributed by atoms with van der Waals surface area (Å²) in [5.41, 5.74) is 3.11. The van der Waals surface area contributed by atoms with Crippen LogP contribution in [-0.2, 0) is 9.53 Å². The number of allylic oxidation sites excluding steroid dienone is 1. The fraction of sp³-hybridized carbons (Fsp3) is 0.500. The van der Waals surface area contributed by atoms with Crippen LogP contribution >= 0.6 is 0 Å². The molecule has 4 rings (SSSR count). The highest BCUT2D eigenvalue weighted by atomic mass is 19.1. The number of benzene rings is 1. The number of hydrogen-bond donors (Lipinski definition) is 1. The van der Waals surface area contributed by atoms with Gasteiger partial charge >= 0.3 is 6.09 Å². The molecule has 1 aromatic carbocycles. The molecule has 7 nitrogen and oxygen atoms in total. The molecule has 0 radical (unpaired) electrons. The van der Waals surface area contributed by atoms with E-state index in [2.05, 4.69) is 11.4 Å². The van der Waals surface area contributed by atoms with Gasteiger partial charge in [-0.3, -0.25) is 9.69 Å². The number of amides is 2. The topological polar surface area (TPSA) is 85.7 Å². The van der Waals surface area contributed by atoms with E-state index in [-0.39, 0.29) is 24.8 Å². The largest absolute Gasteiger partial charge is 0.442 e. The summed E-state index contributed by atoms with van der Waals surface area (Å²) in [7, 11) is 0. The zero-order valence-electron chi connectivity index (χ0n) is 17.0. The molecule has 2 amide bonds. The smallest absolute Gasteiger partial charge is 0.414 e. The van der Waals surface area contributed by atoms with Crippen LogP contribution in [0.3, 0.4) is 0 Å². The average molecular weight is 412 g/mol. The van der Waals surface area contributed by atoms with Crippen molar-refractivity contribution in [2.75, 3.05) is 36.0 Å². The Morgan fingerprint density at radius 1 is 1.33 bits per heavy atom. The monoisotopic (exact) mass is 412 g/mol. The molecular formula is C22H25FN4O3. The Kier molecular flexibility index (Phi) is 5.62. The highest BCUT2D eigenvalue weighted by Crippen LogP contribution is 2.40. The van der Waals surface area contributed by atoms with Crippen molar-refractivity contribution < 1.29 is 18.7 Å². The van der Waals surface area contributed by atoms with Gasteiger partial charge < -0.3 is 15.0 Å². The van der Waals surface area contributed by atoms with Crippen LogP contribution in [0.2, 0.25) is 0 Å². The maximum Gasteiger partial charge on any atom is 0.414 e. The molecule has 2 saturated heterocycles. The summed E-state index contributed by atoms with van der Waals surface area (Å²) >= 11 is 0. The Hall–Kier alpha value is -3.08. The molecule has 30 heavy (non-hydrogen) atoms. The van der Waals surface area contributed by atoms with Crippen molar-refractivity contribution in [3.63, 3.8) is 0 Å². The molecule has 1 unspecified atom stereocenters. The first-order chi connectivity index (χ1) is 14.5. The van der Waals surface area contributed by atoms with Gasteiger partial charge in [0.1, 0.15) is 11.9 Å². The van der Waals surface area contributed by atoms with Gasteiger partial charge in [0.05, 0.1) is 30.5 Å². The van der Waals surface area contributed by atoms with Crippen LogP contribution in [0, 0.1) is 23.1 Å². The molecule has 0 bridgehead atoms. The number of nitrogens with one attached hydrogen (secondary N) is 1. The minimum Gasteiger partial charge on any atom is -0.442 e. The minimum absolute atomic E-state index is 0.196. The van der Waals surface area contributed by atoms with Crippen LogP contribution < -0.4 is 15.1 Å². The summed E-state index contributed by atoms with van der Waals surface area (Å²) in [4.78, 5) is 26.6. The van der Waals surface area contributed by atoms with Crippen molar-refractivity contribution in [2.24, 2.45) is 5.92 Å². The first-order valence-corrected chi connectivity index (χ1v) is 10.4. The molecule has 2 heterocycles. The van der Waals surface area contributed by atoms with Crippen LogP contribution in [0.25, 0.3) is 0 Å². The van der Waals surface area contributed by atoms with Gasteiger partial charge in [0.15, 0.2) is 0 Å². The molecule has 2 aliphatic heterocycles. The highest BCUT2D eigenvalue weighted by Gasteiger charge is 2.33. The lowest BCUT2D eigenvalue weighted by molar-refractivity contribution is -0.119. The second-order valence-corrected chi connectivity index (χ2v) is 8.08. The second-order valence-electron chi connectivity index (χ2n) is 8.08. The molecule has 1 saturated carbocycles. The summed E-state index contributed by atoms with van der Waals surface area (Å²) in [6.07, 6.45) is 2.77. The Balaban J connectivity index is 1.41. The molecule has 0 spiro atoms. The zero-order chi connectivity index (χ0) is 21.3. The molecule has 1 aromatic rings. The van der Waals surface area contributed by atoms with E-state index in [0.717, 1.165) is 31.3 Å². The zero-order valence-corrected chi connectivity index (χ0v) is 17.0. The van der Waals surface area contributed by atoms with Crippen LogP contribution in [0.4, 0.5) is 20.6 Å². The van der Waals surface area contributed by atoms with Crippen molar-refractivity contribution in [1.29, 1.82) is 5.26 Å². The minimum atomic E-state index is -0.547. The van der Waals surface area contributed by atoms with E-state index in [4.69, 9.17) is 4.74 Å². The number of nitrogens with zero attached hydrogens (tertiary/aromatic N) is 3. The summed E-state index contributed by atoms with van der Waals surface area (Å²) < 4.78 is 20.1. The number of nitriles is 1. The Labute approximate surface area is 175 Å². The SMILES string of the molecule is CC(=O)NCC1CN(c2ccc(N3CCC(=C(C#N)C4CC4)CC3)c(F)c2)C(=O)O1. The number of rotatable bonds is 5. The van der Waals surface area contributed by atoms with E-state index in [1.54, 1.807) is 12.1 Å². The quantitative estimate of drug-likeness (QED) is 0.751. The lowest BCUT2D eigenvalue weighted by Gasteiger charge is -2.31. The maximum atomic E-state index is 14.9. The number of carbonyl (C=O) groups is 2. The van der Waals surface area contributed by atoms with Gasteiger partial charge in [-0.1, -0.05) is 5.57 Å². The molecule has 158 valence electrons. The summed E-state index contributed by atoms with van der Waals surface area (Å²) in [6.45, 7) is 3.23. The third kappa shape index (κ3) is 4.25. The van der Waals surface area contributed by atoms with Crippen LogP contribution in [0.1, 0.15) is 32.6 Å². The van der Waals surface area contributed by atoms with Gasteiger partial charge in [0.2, 0.25) is 5.91 Å². The van der Waals surface area contributed by atoms with E-state index in [1.807, 2.05) is 4.90 Å². The van der Waals surface area contributed by atoms with Gasteiger partial charge in [-0.25, -0.2) is 9.18 Å². The van der Waals surface area contributed by atoms with Crippen molar-refractivity contribution in [3.8, 4) is 6.07 Å². The third-order valence-corrected chi connectivity index (χ3v) is 5.89. The second kappa shape index (κ2) is 8.34. The number of carbonyl (C=O) groups excluding carboxylic acids is 2. The van der Waals surface area contributed by atoms with Gasteiger partial charge in [-0.15, -0.1) is 0 Å². The summed E-state index contributed by atoms with van der Waals surface area (Å²) in [5, 5.41) is 12.0. The Morgan fingerprint density at radius 2 is 2.07 bits per heavy atom. The summed E-state index contributed by atoms with van der Waals surface area (Å²) in [6, 6.07) is 7.14. The third-order valence-electron chi connectivity index (χ3n) is 5.89. The van der Waals surface area contributed by atoms with Crippen molar-refractivity contribution in [1.82, 2.24) is 5.32 Å². The van der Waals surface area contributed by atoms with Gasteiger partial charge in [-0.2, -0.15) is 5.26 Å². The molecule has 1 N–H and O–H groups in total. The normalized spacial score (nSPS) is 21.3. The van der Waals surface area contributed by atoms with E-state index >= 15 is 0 Å². The number of cyclic esters (lactones) is 1. The molecule has 1 aliphatic carbocycles. The number of piperidine rings is 1. The van der Waals surface area contributed by atoms with Crippen molar-refractivity contribution in [3.05, 3.63) is 35.2 Å². The Morgan fingerprint density at radius 3 is 2.67 bits per heavy atom. The number of anilines is 2. The average Bonchev–Trinajstić information content (AvgIpc) is 3.49. The molecule has 3 fully saturated rings. The molecule has 1 atom stereocenters. The lowest BCUT2D eigenvalue weighted by Crippen LogP contribution is -2.33. The van der Waals surface area contributed by atoms with E-state index in [0.29, 0.717) is 30.4 Å². The fourth-order valence-electron chi connectivity index (χ4n) is 4.13. The highest BCUT2D eigenvalue weighted by molar-refractivity contribution is 5.90. The number of halogens is 1. The Bertz CT molecular complexity index is 925. The number of ether oxygens (including phenoxy) is 1. The predicted molar refractivity (Wildman–Crippen MR) is 110 cm³/mol. The maximum absolute atomic E-state index is 14.9. The predicted octanol–water partition coefficient (Wildman–Crippen LogP) is 3.12. The first kappa shape index (κ1) is 20.2. The summed E-state index contributed by atoms with van der Waals surface area (Å²) in [5.74, 6) is -0.138. The van der Waals surface area contributed by atoms with E-state index in [9.17, 15) is 19.2 Å². The molecule has 0 aromatic heterocycles. The van der Waals surface area contributed by atoms with Crippen molar-refractivity contribution in [2.45, 2.75) is 38.7 Å². The fourth-order valence-corrected chi connectivity index (χ4v) is 4.13. The van der Waals surface area contributed by atoms with Gasteiger partial charge in [0, 0.05) is 25.6 Å². The van der Waals surface area contributed by atoms with Crippen LogP contribution in [-0.4, -0.2) is 44.3 Å². The first-order valence-electron chi connectivity index (χ1n) is 10.4. The van der Waals surface area contributed by atoms with E-state index < -0.39 is 12.2 Å². The van der Waals surface area contributed by atoms with Crippen molar-refractivity contribution >= 4 is 23.4 Å². The lowest BCUT2D eigenvalue weighted by atomic mass is 9.95.